The van der Waals surface area contributed by atoms with Crippen molar-refractivity contribution in [3.63, 3.8) is 0 Å². The topological polar surface area (TPSA) is 58.6 Å². The molecule has 1 atom stereocenters. The summed E-state index contributed by atoms with van der Waals surface area (Å²) >= 11 is 0. The van der Waals surface area contributed by atoms with Crippen LogP contribution in [0.3, 0.4) is 0 Å². The molecule has 0 aliphatic carbocycles. The first-order chi connectivity index (χ1) is 7.16. The van der Waals surface area contributed by atoms with Gasteiger partial charge >= 0.3 is 6.18 Å². The van der Waals surface area contributed by atoms with Gasteiger partial charge in [-0.05, 0) is 6.92 Å². The molecule has 0 rings (SSSR count). The van der Waals surface area contributed by atoms with E-state index < -0.39 is 24.1 Å². The van der Waals surface area contributed by atoms with Gasteiger partial charge in [-0.25, -0.2) is 0 Å². The Kier molecular flexibility index (Phi) is 5.74. The number of alkyl halides is 3. The summed E-state index contributed by atoms with van der Waals surface area (Å²) in [5, 5.41) is 11.6. The number of methoxy groups -OCH3 is 1. The van der Waals surface area contributed by atoms with Gasteiger partial charge in [0.2, 0.25) is 5.91 Å². The Morgan fingerprint density at radius 3 is 2.44 bits per heavy atom. The van der Waals surface area contributed by atoms with E-state index >= 15 is 0 Å². The predicted octanol–water partition coefficient (Wildman–Crippen LogP) is 0.843. The molecule has 2 N–H and O–H groups in total. The molecule has 0 saturated carbocycles. The zero-order valence-electron chi connectivity index (χ0n) is 9.23. The molecule has 16 heavy (non-hydrogen) atoms. The highest BCUT2D eigenvalue weighted by Crippen LogP contribution is 2.19. The maximum absolute atomic E-state index is 11.8. The lowest BCUT2D eigenvalue weighted by molar-refractivity contribution is -0.154. The molecule has 0 aromatic rings. The van der Waals surface area contributed by atoms with Crippen molar-refractivity contribution in [3.8, 4) is 0 Å². The highest BCUT2D eigenvalue weighted by atomic mass is 19.4. The molecule has 1 amide bonds. The molecule has 96 valence electrons. The molecule has 0 aromatic carbocycles. The normalized spacial score (nSPS) is 15.6. The third-order valence-electron chi connectivity index (χ3n) is 1.87. The second-order valence-electron chi connectivity index (χ2n) is 3.81. The van der Waals surface area contributed by atoms with E-state index in [-0.39, 0.29) is 19.6 Å². The smallest absolute Gasteiger partial charge is 0.388 e. The first-order valence-electron chi connectivity index (χ1n) is 4.71. The number of rotatable bonds is 6. The van der Waals surface area contributed by atoms with Gasteiger partial charge in [0.15, 0.2) is 0 Å². The molecule has 0 radical (unpaired) electrons. The van der Waals surface area contributed by atoms with Crippen LogP contribution in [0.15, 0.2) is 0 Å². The fourth-order valence-electron chi connectivity index (χ4n) is 0.944. The van der Waals surface area contributed by atoms with Crippen LogP contribution in [0.2, 0.25) is 0 Å². The first-order valence-corrected chi connectivity index (χ1v) is 4.71. The maximum atomic E-state index is 11.8. The molecule has 0 aliphatic rings. The standard InChI is InChI=1S/C9H16F3NO3/c1-8(15,3-4-16-2)6-13-7(14)5-9(10,11)12/h15H,3-6H2,1-2H3,(H,13,14). The van der Waals surface area contributed by atoms with Crippen LogP contribution in [0.1, 0.15) is 19.8 Å². The fraction of sp³-hybridized carbons (Fsp3) is 0.889. The molecule has 4 nitrogen and oxygen atoms in total. The molecule has 0 bridgehead atoms. The van der Waals surface area contributed by atoms with Crippen LogP contribution >= 0.6 is 0 Å². The van der Waals surface area contributed by atoms with E-state index in [1.165, 1.54) is 14.0 Å². The van der Waals surface area contributed by atoms with Gasteiger partial charge in [0.05, 0.1) is 5.60 Å². The van der Waals surface area contributed by atoms with Crippen LogP contribution in [-0.4, -0.2) is 43.1 Å². The van der Waals surface area contributed by atoms with E-state index in [0.717, 1.165) is 0 Å². The number of ether oxygens (including phenoxy) is 1. The van der Waals surface area contributed by atoms with Gasteiger partial charge < -0.3 is 15.2 Å². The van der Waals surface area contributed by atoms with E-state index in [4.69, 9.17) is 4.74 Å². The van der Waals surface area contributed by atoms with Crippen molar-refractivity contribution in [1.29, 1.82) is 0 Å². The minimum absolute atomic E-state index is 0.231. The third kappa shape index (κ3) is 8.49. The van der Waals surface area contributed by atoms with Gasteiger partial charge in [-0.15, -0.1) is 0 Å². The summed E-state index contributed by atoms with van der Waals surface area (Å²) in [6, 6.07) is 0. The quantitative estimate of drug-likeness (QED) is 0.727. The van der Waals surface area contributed by atoms with Crippen LogP contribution in [0.4, 0.5) is 13.2 Å². The van der Waals surface area contributed by atoms with E-state index in [1.807, 2.05) is 5.32 Å². The number of amides is 1. The van der Waals surface area contributed by atoms with Gasteiger partial charge in [0.1, 0.15) is 6.42 Å². The summed E-state index contributed by atoms with van der Waals surface area (Å²) in [6.07, 6.45) is -5.83. The molecule has 7 heteroatoms. The van der Waals surface area contributed by atoms with Crippen molar-refractivity contribution >= 4 is 5.91 Å². The van der Waals surface area contributed by atoms with Crippen LogP contribution < -0.4 is 5.32 Å². The molecule has 0 fully saturated rings. The third-order valence-corrected chi connectivity index (χ3v) is 1.87. The van der Waals surface area contributed by atoms with Gasteiger partial charge in [-0.2, -0.15) is 13.2 Å². The summed E-state index contributed by atoms with van der Waals surface area (Å²) in [5.74, 6) is -1.15. The maximum Gasteiger partial charge on any atom is 0.397 e. The number of aliphatic hydroxyl groups is 1. The van der Waals surface area contributed by atoms with Crippen molar-refractivity contribution in [2.45, 2.75) is 31.5 Å². The van der Waals surface area contributed by atoms with Crippen LogP contribution in [0.5, 0.6) is 0 Å². The molecular formula is C9H16F3NO3. The number of carbonyl (C=O) groups is 1. The lowest BCUT2D eigenvalue weighted by Crippen LogP contribution is -2.42. The molecule has 0 aromatic heterocycles. The van der Waals surface area contributed by atoms with Gasteiger partial charge in [-0.1, -0.05) is 0 Å². The van der Waals surface area contributed by atoms with E-state index in [1.54, 1.807) is 0 Å². The Labute approximate surface area is 91.8 Å². The van der Waals surface area contributed by atoms with Crippen molar-refractivity contribution in [2.24, 2.45) is 0 Å². The number of hydrogen-bond donors (Lipinski definition) is 2. The summed E-state index contributed by atoms with van der Waals surface area (Å²) < 4.78 is 40.1. The second kappa shape index (κ2) is 6.05. The largest absolute Gasteiger partial charge is 0.397 e. The van der Waals surface area contributed by atoms with Crippen LogP contribution in [0.25, 0.3) is 0 Å². The van der Waals surface area contributed by atoms with E-state index in [2.05, 4.69) is 0 Å². The van der Waals surface area contributed by atoms with Gasteiger partial charge in [0, 0.05) is 26.7 Å². The molecule has 0 heterocycles. The highest BCUT2D eigenvalue weighted by Gasteiger charge is 2.32. The average Bonchev–Trinajstić information content (AvgIpc) is 2.09. The van der Waals surface area contributed by atoms with Crippen molar-refractivity contribution in [2.75, 3.05) is 20.3 Å². The lowest BCUT2D eigenvalue weighted by Gasteiger charge is -2.23. The minimum atomic E-state index is -4.53. The average molecular weight is 243 g/mol. The Hall–Kier alpha value is -0.820. The zero-order chi connectivity index (χ0) is 12.8. The van der Waals surface area contributed by atoms with Gasteiger partial charge in [0.25, 0.3) is 0 Å². The van der Waals surface area contributed by atoms with Crippen molar-refractivity contribution in [1.82, 2.24) is 5.32 Å². The Morgan fingerprint density at radius 2 is 2.00 bits per heavy atom. The van der Waals surface area contributed by atoms with Crippen molar-refractivity contribution < 1.29 is 27.8 Å². The summed E-state index contributed by atoms with van der Waals surface area (Å²) in [4.78, 5) is 10.8. The monoisotopic (exact) mass is 243 g/mol. The van der Waals surface area contributed by atoms with Crippen LogP contribution in [0, 0.1) is 0 Å². The zero-order valence-corrected chi connectivity index (χ0v) is 9.23. The molecule has 0 saturated heterocycles. The summed E-state index contributed by atoms with van der Waals surface area (Å²) in [7, 11) is 1.44. The highest BCUT2D eigenvalue weighted by molar-refractivity contribution is 5.76. The fourth-order valence-corrected chi connectivity index (χ4v) is 0.944. The van der Waals surface area contributed by atoms with Crippen LogP contribution in [-0.2, 0) is 9.53 Å². The number of nitrogens with one attached hydrogen (secondary N) is 1. The molecule has 1 unspecified atom stereocenters. The molecule has 0 aliphatic heterocycles. The second-order valence-corrected chi connectivity index (χ2v) is 3.81. The van der Waals surface area contributed by atoms with Crippen molar-refractivity contribution in [3.05, 3.63) is 0 Å². The molecular weight excluding hydrogens is 227 g/mol. The Bertz CT molecular complexity index is 229. The van der Waals surface area contributed by atoms with E-state index in [9.17, 15) is 23.1 Å². The summed E-state index contributed by atoms with van der Waals surface area (Å²) in [5.41, 5.74) is -1.27. The lowest BCUT2D eigenvalue weighted by atomic mass is 10.0. The Balaban J connectivity index is 3.90. The number of hydrogen-bond acceptors (Lipinski definition) is 3. The van der Waals surface area contributed by atoms with Gasteiger partial charge in [-0.3, -0.25) is 4.79 Å². The number of halogens is 3. The van der Waals surface area contributed by atoms with E-state index in [0.29, 0.717) is 0 Å². The first kappa shape index (κ1) is 15.2. The SMILES string of the molecule is COCCC(C)(O)CNC(=O)CC(F)(F)F. The summed E-state index contributed by atoms with van der Waals surface area (Å²) in [6.45, 7) is 1.45. The minimum Gasteiger partial charge on any atom is -0.388 e. The Morgan fingerprint density at radius 1 is 1.44 bits per heavy atom. The number of carbonyl (C=O) groups excluding carboxylic acids is 1. The molecule has 0 spiro atoms. The predicted molar refractivity (Wildman–Crippen MR) is 50.8 cm³/mol.